The number of halogens is 4. The van der Waals surface area contributed by atoms with Crippen LogP contribution in [0.2, 0.25) is 0 Å². The van der Waals surface area contributed by atoms with Crippen LogP contribution in [0.3, 0.4) is 0 Å². The second-order valence-corrected chi connectivity index (χ2v) is 6.75. The molecular formula is C16H30F3IN4. The fraction of sp³-hybridized carbons (Fsp3) is 0.938. The van der Waals surface area contributed by atoms with E-state index in [4.69, 9.17) is 0 Å². The van der Waals surface area contributed by atoms with E-state index < -0.39 is 12.7 Å². The number of hydrogen-bond donors (Lipinski definition) is 1. The lowest BCUT2D eigenvalue weighted by Crippen LogP contribution is -2.42. The molecule has 0 aromatic heterocycles. The van der Waals surface area contributed by atoms with Crippen molar-refractivity contribution in [3.63, 3.8) is 0 Å². The summed E-state index contributed by atoms with van der Waals surface area (Å²) >= 11 is 0. The fourth-order valence-electron chi connectivity index (χ4n) is 3.23. The van der Waals surface area contributed by atoms with Gasteiger partial charge in [-0.25, -0.2) is 0 Å². The van der Waals surface area contributed by atoms with Gasteiger partial charge in [-0.15, -0.1) is 24.0 Å². The molecule has 1 heterocycles. The van der Waals surface area contributed by atoms with E-state index in [-0.39, 0.29) is 29.9 Å². The summed E-state index contributed by atoms with van der Waals surface area (Å²) in [5.74, 6) is 2.05. The van der Waals surface area contributed by atoms with Gasteiger partial charge in [0.2, 0.25) is 0 Å². The standard InChI is InChI=1S/C16H29F3N4.HI/c1-3-22(12-16(17,18)19)10-14-7-9-23(11-14)15(20-2)21-8-6-13-4-5-13;/h13-14H,3-12H2,1-2H3,(H,20,21);1H. The first kappa shape index (κ1) is 21.8. The number of alkyl halides is 3. The molecule has 0 spiro atoms. The van der Waals surface area contributed by atoms with Gasteiger partial charge in [-0.3, -0.25) is 9.89 Å². The molecule has 1 atom stereocenters. The van der Waals surface area contributed by atoms with Crippen molar-refractivity contribution in [1.29, 1.82) is 0 Å². The minimum atomic E-state index is -4.12. The van der Waals surface area contributed by atoms with E-state index in [2.05, 4.69) is 15.2 Å². The zero-order valence-electron chi connectivity index (χ0n) is 14.6. The van der Waals surface area contributed by atoms with Crippen LogP contribution >= 0.6 is 24.0 Å². The third-order valence-corrected chi connectivity index (χ3v) is 4.70. The topological polar surface area (TPSA) is 30.9 Å². The van der Waals surface area contributed by atoms with Gasteiger partial charge in [0.15, 0.2) is 5.96 Å². The van der Waals surface area contributed by atoms with E-state index in [1.54, 1.807) is 14.0 Å². The zero-order chi connectivity index (χ0) is 16.9. The normalized spacial score (nSPS) is 22.0. The van der Waals surface area contributed by atoms with Crippen LogP contribution < -0.4 is 5.32 Å². The first-order valence-electron chi connectivity index (χ1n) is 8.66. The third kappa shape index (κ3) is 7.76. The van der Waals surface area contributed by atoms with Gasteiger partial charge < -0.3 is 10.2 Å². The molecule has 0 bridgehead atoms. The van der Waals surface area contributed by atoms with Crippen LogP contribution in [0, 0.1) is 11.8 Å². The second kappa shape index (κ2) is 10.0. The fourth-order valence-corrected chi connectivity index (χ4v) is 3.23. The highest BCUT2D eigenvalue weighted by Gasteiger charge is 2.33. The maximum atomic E-state index is 12.6. The van der Waals surface area contributed by atoms with E-state index in [9.17, 15) is 13.2 Å². The Morgan fingerprint density at radius 1 is 1.25 bits per heavy atom. The first-order valence-corrected chi connectivity index (χ1v) is 8.66. The quantitative estimate of drug-likeness (QED) is 0.358. The average Bonchev–Trinajstić information content (AvgIpc) is 3.19. The van der Waals surface area contributed by atoms with Crippen molar-refractivity contribution in [2.75, 3.05) is 46.3 Å². The number of hydrogen-bond acceptors (Lipinski definition) is 2. The summed E-state index contributed by atoms with van der Waals surface area (Å²) < 4.78 is 37.7. The highest BCUT2D eigenvalue weighted by molar-refractivity contribution is 14.0. The van der Waals surface area contributed by atoms with Crippen LogP contribution in [-0.4, -0.2) is 68.3 Å². The summed E-state index contributed by atoms with van der Waals surface area (Å²) in [4.78, 5) is 8.00. The Kier molecular flexibility index (Phi) is 9.11. The molecule has 0 amide bonds. The van der Waals surface area contributed by atoms with Gasteiger partial charge in [0, 0.05) is 33.2 Å². The summed E-state index contributed by atoms with van der Waals surface area (Å²) in [6.07, 6.45) is 0.689. The van der Waals surface area contributed by atoms with Crippen LogP contribution in [-0.2, 0) is 0 Å². The Morgan fingerprint density at radius 2 is 1.96 bits per heavy atom. The lowest BCUT2D eigenvalue weighted by molar-refractivity contribution is -0.146. The molecule has 0 aromatic rings. The molecule has 2 aliphatic rings. The van der Waals surface area contributed by atoms with Crippen molar-refractivity contribution in [2.24, 2.45) is 16.8 Å². The molecule has 24 heavy (non-hydrogen) atoms. The molecule has 2 rings (SSSR count). The van der Waals surface area contributed by atoms with Crippen molar-refractivity contribution >= 4 is 29.9 Å². The predicted molar refractivity (Wildman–Crippen MR) is 102 cm³/mol. The molecule has 142 valence electrons. The summed E-state index contributed by atoms with van der Waals surface area (Å²) in [5, 5.41) is 3.39. The molecule has 4 nitrogen and oxygen atoms in total. The smallest absolute Gasteiger partial charge is 0.356 e. The first-order chi connectivity index (χ1) is 10.9. The van der Waals surface area contributed by atoms with E-state index in [0.717, 1.165) is 37.9 Å². The molecule has 1 saturated heterocycles. The molecule has 1 N–H and O–H groups in total. The number of nitrogens with one attached hydrogen (secondary N) is 1. The van der Waals surface area contributed by atoms with E-state index in [1.807, 2.05) is 0 Å². The summed E-state index contributed by atoms with van der Waals surface area (Å²) in [6.45, 7) is 4.52. The van der Waals surface area contributed by atoms with Crippen LogP contribution in [0.15, 0.2) is 4.99 Å². The van der Waals surface area contributed by atoms with Crippen molar-refractivity contribution in [1.82, 2.24) is 15.1 Å². The molecule has 1 unspecified atom stereocenters. The Morgan fingerprint density at radius 3 is 2.50 bits per heavy atom. The van der Waals surface area contributed by atoms with Crippen LogP contribution in [0.4, 0.5) is 13.2 Å². The van der Waals surface area contributed by atoms with Crippen molar-refractivity contribution in [3.8, 4) is 0 Å². The SMILES string of the molecule is CCN(CC1CCN(C(=NC)NCCC2CC2)C1)CC(F)(F)F.I. The van der Waals surface area contributed by atoms with Crippen LogP contribution in [0.5, 0.6) is 0 Å². The second-order valence-electron chi connectivity index (χ2n) is 6.75. The van der Waals surface area contributed by atoms with Gasteiger partial charge in [-0.2, -0.15) is 13.2 Å². The Hall–Kier alpha value is -0.250. The maximum absolute atomic E-state index is 12.6. The third-order valence-electron chi connectivity index (χ3n) is 4.70. The number of nitrogens with zero attached hydrogens (tertiary/aromatic N) is 3. The number of guanidine groups is 1. The predicted octanol–water partition coefficient (Wildman–Crippen LogP) is 3.19. The molecule has 1 aliphatic carbocycles. The van der Waals surface area contributed by atoms with Gasteiger partial charge in [-0.05, 0) is 31.2 Å². The summed E-state index contributed by atoms with van der Waals surface area (Å²) in [5.41, 5.74) is 0. The molecule has 1 aliphatic heterocycles. The van der Waals surface area contributed by atoms with Crippen LogP contribution in [0.1, 0.15) is 32.6 Å². The maximum Gasteiger partial charge on any atom is 0.401 e. The Balaban J connectivity index is 0.00000288. The van der Waals surface area contributed by atoms with Crippen LogP contribution in [0.25, 0.3) is 0 Å². The van der Waals surface area contributed by atoms with Gasteiger partial charge in [0.25, 0.3) is 0 Å². The Labute approximate surface area is 160 Å². The van der Waals surface area contributed by atoms with Gasteiger partial charge >= 0.3 is 6.18 Å². The van der Waals surface area contributed by atoms with E-state index >= 15 is 0 Å². The summed E-state index contributed by atoms with van der Waals surface area (Å²) in [6, 6.07) is 0. The monoisotopic (exact) mass is 462 g/mol. The Bertz CT molecular complexity index is 399. The van der Waals surface area contributed by atoms with Gasteiger partial charge in [0.1, 0.15) is 0 Å². The van der Waals surface area contributed by atoms with E-state index in [0.29, 0.717) is 13.1 Å². The molecular weight excluding hydrogens is 432 g/mol. The van der Waals surface area contributed by atoms with Crippen molar-refractivity contribution < 1.29 is 13.2 Å². The number of aliphatic imine (C=N–C) groups is 1. The highest BCUT2D eigenvalue weighted by atomic mass is 127. The average molecular weight is 462 g/mol. The lowest BCUT2D eigenvalue weighted by Gasteiger charge is -2.26. The highest BCUT2D eigenvalue weighted by Crippen LogP contribution is 2.31. The number of likely N-dealkylation sites (tertiary alicyclic amines) is 1. The minimum absolute atomic E-state index is 0. The summed E-state index contributed by atoms with van der Waals surface area (Å²) in [7, 11) is 1.77. The lowest BCUT2D eigenvalue weighted by atomic mass is 10.1. The van der Waals surface area contributed by atoms with Crippen molar-refractivity contribution in [2.45, 2.75) is 38.8 Å². The molecule has 0 aromatic carbocycles. The molecule has 2 fully saturated rings. The molecule has 1 saturated carbocycles. The van der Waals surface area contributed by atoms with Gasteiger partial charge in [-0.1, -0.05) is 19.8 Å². The van der Waals surface area contributed by atoms with E-state index in [1.165, 1.54) is 24.2 Å². The largest absolute Gasteiger partial charge is 0.401 e. The van der Waals surface area contributed by atoms with Gasteiger partial charge in [0.05, 0.1) is 6.54 Å². The molecule has 8 heteroatoms. The minimum Gasteiger partial charge on any atom is -0.356 e. The zero-order valence-corrected chi connectivity index (χ0v) is 16.9. The van der Waals surface area contributed by atoms with Crippen molar-refractivity contribution in [3.05, 3.63) is 0 Å². The number of rotatable bonds is 7. The molecule has 0 radical (unpaired) electrons.